The number of nitrogens with two attached hydrogens (primary N) is 1. The van der Waals surface area contributed by atoms with E-state index in [0.29, 0.717) is 28.3 Å². The lowest BCUT2D eigenvalue weighted by atomic mass is 10.00. The summed E-state index contributed by atoms with van der Waals surface area (Å²) in [6.45, 7) is 1.95. The zero-order valence-electron chi connectivity index (χ0n) is 13.1. The van der Waals surface area contributed by atoms with Crippen LogP contribution in [0.25, 0.3) is 0 Å². The maximum Gasteiger partial charge on any atom is 0.256 e. The molecule has 0 bridgehead atoms. The molecular formula is C16H19ClN6O. The molecule has 1 aliphatic heterocycles. The molecule has 0 spiro atoms. The van der Waals surface area contributed by atoms with Crippen molar-refractivity contribution in [1.29, 1.82) is 0 Å². The number of rotatable bonds is 5. The first-order valence-electron chi connectivity index (χ1n) is 7.79. The molecule has 2 aromatic rings. The van der Waals surface area contributed by atoms with Gasteiger partial charge >= 0.3 is 0 Å². The molecule has 1 aromatic heterocycles. The van der Waals surface area contributed by atoms with Crippen LogP contribution in [0.2, 0.25) is 5.02 Å². The lowest BCUT2D eigenvalue weighted by Gasteiger charge is -2.18. The highest BCUT2D eigenvalue weighted by Gasteiger charge is 2.19. The van der Waals surface area contributed by atoms with E-state index >= 15 is 0 Å². The Morgan fingerprint density at radius 2 is 2.21 bits per heavy atom. The van der Waals surface area contributed by atoms with Gasteiger partial charge in [0.15, 0.2) is 11.6 Å². The number of nitrogens with zero attached hydrogens (tertiary/aromatic N) is 2. The van der Waals surface area contributed by atoms with E-state index < -0.39 is 5.91 Å². The van der Waals surface area contributed by atoms with Crippen molar-refractivity contribution in [3.8, 4) is 0 Å². The van der Waals surface area contributed by atoms with E-state index in [0.717, 1.165) is 25.9 Å². The lowest BCUT2D eigenvalue weighted by molar-refractivity contribution is 0.100. The number of halogens is 1. The molecule has 126 valence electrons. The van der Waals surface area contributed by atoms with Crippen LogP contribution in [0.4, 0.5) is 17.3 Å². The number of carbonyl (C=O) groups is 1. The minimum absolute atomic E-state index is 0.236. The fourth-order valence-electron chi connectivity index (χ4n) is 2.63. The number of primary amides is 1. The van der Waals surface area contributed by atoms with E-state index in [9.17, 15) is 4.79 Å². The number of aliphatic imine (C=N–C) groups is 1. The van der Waals surface area contributed by atoms with Gasteiger partial charge in [-0.15, -0.1) is 0 Å². The smallest absolute Gasteiger partial charge is 0.256 e. The Hall–Kier alpha value is -2.38. The maximum absolute atomic E-state index is 11.8. The monoisotopic (exact) mass is 346 g/mol. The van der Waals surface area contributed by atoms with Crippen LogP contribution in [0.15, 0.2) is 29.3 Å². The molecule has 3 rings (SSSR count). The fraction of sp³-hybridized carbons (Fsp3) is 0.312. The summed E-state index contributed by atoms with van der Waals surface area (Å²) in [6, 6.07) is 7.13. The summed E-state index contributed by atoms with van der Waals surface area (Å²) < 4.78 is 0. The predicted molar refractivity (Wildman–Crippen MR) is 95.6 cm³/mol. The third-order valence-electron chi connectivity index (χ3n) is 3.88. The summed E-state index contributed by atoms with van der Waals surface area (Å²) in [7, 11) is 0. The molecule has 1 aromatic carbocycles. The van der Waals surface area contributed by atoms with Gasteiger partial charge in [-0.25, -0.2) is 4.99 Å². The second-order valence-electron chi connectivity index (χ2n) is 5.66. The number of anilines is 2. The van der Waals surface area contributed by atoms with Gasteiger partial charge in [0.2, 0.25) is 0 Å². The third-order valence-corrected chi connectivity index (χ3v) is 4.11. The number of benzene rings is 1. The van der Waals surface area contributed by atoms with Gasteiger partial charge in [-0.05, 0) is 50.0 Å². The molecule has 0 saturated carbocycles. The number of aromatic nitrogens is 2. The predicted octanol–water partition coefficient (Wildman–Crippen LogP) is 2.61. The minimum Gasteiger partial charge on any atom is -0.365 e. The van der Waals surface area contributed by atoms with Gasteiger partial charge in [0, 0.05) is 16.9 Å². The lowest BCUT2D eigenvalue weighted by Crippen LogP contribution is -2.28. The van der Waals surface area contributed by atoms with Crippen molar-refractivity contribution in [3.63, 3.8) is 0 Å². The van der Waals surface area contributed by atoms with Crippen LogP contribution in [0.3, 0.4) is 0 Å². The highest BCUT2D eigenvalue weighted by Crippen LogP contribution is 2.27. The Morgan fingerprint density at radius 3 is 2.92 bits per heavy atom. The summed E-state index contributed by atoms with van der Waals surface area (Å²) in [6.07, 6.45) is 3.91. The van der Waals surface area contributed by atoms with Gasteiger partial charge in [-0.2, -0.15) is 5.10 Å². The van der Waals surface area contributed by atoms with Gasteiger partial charge < -0.3 is 16.4 Å². The first-order chi connectivity index (χ1) is 11.6. The van der Waals surface area contributed by atoms with Crippen molar-refractivity contribution in [2.24, 2.45) is 16.6 Å². The standard InChI is InChI=1S/C16H19ClN6O/c17-11-2-1-3-12(8-11)21-16-13(14(18)24)15(22-23-16)20-9-10-4-6-19-7-5-10/h1-3,8-10,19H,4-7H2,(H2,18,24)(H2,21,22,23)/b20-9+. The molecule has 1 saturated heterocycles. The van der Waals surface area contributed by atoms with Crippen LogP contribution in [0.5, 0.6) is 0 Å². The highest BCUT2D eigenvalue weighted by molar-refractivity contribution is 6.30. The molecule has 1 aliphatic rings. The maximum atomic E-state index is 11.8. The van der Waals surface area contributed by atoms with Crippen molar-refractivity contribution in [2.45, 2.75) is 12.8 Å². The normalized spacial score (nSPS) is 15.7. The van der Waals surface area contributed by atoms with E-state index in [4.69, 9.17) is 17.3 Å². The zero-order valence-corrected chi connectivity index (χ0v) is 13.8. The Morgan fingerprint density at radius 1 is 1.42 bits per heavy atom. The molecule has 7 nitrogen and oxygen atoms in total. The van der Waals surface area contributed by atoms with Gasteiger partial charge in [-0.1, -0.05) is 17.7 Å². The van der Waals surface area contributed by atoms with Gasteiger partial charge in [0.1, 0.15) is 5.56 Å². The zero-order chi connectivity index (χ0) is 16.9. The number of aromatic amines is 1. The Labute approximate surface area is 144 Å². The molecule has 1 fully saturated rings. The average molecular weight is 347 g/mol. The van der Waals surface area contributed by atoms with E-state index in [1.165, 1.54) is 0 Å². The number of hydrogen-bond acceptors (Lipinski definition) is 5. The molecule has 24 heavy (non-hydrogen) atoms. The van der Waals surface area contributed by atoms with Crippen molar-refractivity contribution < 1.29 is 4.79 Å². The summed E-state index contributed by atoms with van der Waals surface area (Å²) in [5.41, 5.74) is 6.45. The first kappa shape index (κ1) is 16.5. The van der Waals surface area contributed by atoms with Crippen LogP contribution < -0.4 is 16.4 Å². The topological polar surface area (TPSA) is 108 Å². The fourth-order valence-corrected chi connectivity index (χ4v) is 2.82. The Bertz CT molecular complexity index is 751. The first-order valence-corrected chi connectivity index (χ1v) is 8.17. The SMILES string of the molecule is NC(=O)c1c(Nc2cccc(Cl)c2)n[nH]c1/N=C/C1CCNCC1. The van der Waals surface area contributed by atoms with E-state index in [2.05, 4.69) is 25.8 Å². The van der Waals surface area contributed by atoms with Gasteiger partial charge in [-0.3, -0.25) is 9.89 Å². The van der Waals surface area contributed by atoms with Gasteiger partial charge in [0.25, 0.3) is 5.91 Å². The summed E-state index contributed by atoms with van der Waals surface area (Å²) in [5, 5.41) is 13.8. The Balaban J connectivity index is 1.82. The summed E-state index contributed by atoms with van der Waals surface area (Å²) >= 11 is 5.97. The summed E-state index contributed by atoms with van der Waals surface area (Å²) in [4.78, 5) is 16.2. The van der Waals surface area contributed by atoms with E-state index in [1.807, 2.05) is 12.3 Å². The number of hydrogen-bond donors (Lipinski definition) is 4. The molecule has 0 unspecified atom stereocenters. The average Bonchev–Trinajstić information content (AvgIpc) is 2.97. The summed E-state index contributed by atoms with van der Waals surface area (Å²) in [5.74, 6) is 0.498. The van der Waals surface area contributed by atoms with Gasteiger partial charge in [0.05, 0.1) is 0 Å². The molecule has 0 aliphatic carbocycles. The second-order valence-corrected chi connectivity index (χ2v) is 6.10. The van der Waals surface area contributed by atoms with Crippen molar-refractivity contribution in [2.75, 3.05) is 18.4 Å². The quantitative estimate of drug-likeness (QED) is 0.624. The number of amides is 1. The number of H-pyrrole nitrogens is 1. The van der Waals surface area contributed by atoms with Crippen molar-refractivity contribution >= 4 is 41.0 Å². The second kappa shape index (κ2) is 7.46. The molecule has 0 atom stereocenters. The molecule has 2 heterocycles. The molecular weight excluding hydrogens is 328 g/mol. The molecule has 0 radical (unpaired) electrons. The van der Waals surface area contributed by atoms with E-state index in [1.54, 1.807) is 18.2 Å². The number of carbonyl (C=O) groups excluding carboxylic acids is 1. The van der Waals surface area contributed by atoms with Crippen LogP contribution >= 0.6 is 11.6 Å². The van der Waals surface area contributed by atoms with Crippen LogP contribution in [-0.2, 0) is 0 Å². The van der Waals surface area contributed by atoms with E-state index in [-0.39, 0.29) is 5.56 Å². The molecule has 8 heteroatoms. The van der Waals surface area contributed by atoms with Crippen molar-refractivity contribution in [1.82, 2.24) is 15.5 Å². The van der Waals surface area contributed by atoms with Crippen LogP contribution in [0, 0.1) is 5.92 Å². The molecule has 1 amide bonds. The largest absolute Gasteiger partial charge is 0.365 e. The third kappa shape index (κ3) is 3.93. The highest BCUT2D eigenvalue weighted by atomic mass is 35.5. The number of piperidine rings is 1. The Kier molecular flexibility index (Phi) is 5.12. The number of nitrogens with one attached hydrogen (secondary N) is 3. The van der Waals surface area contributed by atoms with Crippen molar-refractivity contribution in [3.05, 3.63) is 34.9 Å². The van der Waals surface area contributed by atoms with Crippen LogP contribution in [0.1, 0.15) is 23.2 Å². The minimum atomic E-state index is -0.592. The molecule has 5 N–H and O–H groups in total. The van der Waals surface area contributed by atoms with Crippen LogP contribution in [-0.4, -0.2) is 35.4 Å².